The molecule has 0 aromatic heterocycles. The van der Waals surface area contributed by atoms with Gasteiger partial charge < -0.3 is 20.9 Å². The third kappa shape index (κ3) is 3.69. The maximum atomic E-state index is 13.4. The second kappa shape index (κ2) is 9.13. The standard InChI is InChI=1S/C20H28N2O8/c1-3-29-17(27)11-7-5-9-13(23)19(21,15(11)25)20(22)14(24)10-6-8-12(16(20)26)18(28)30-4-2/h11-12H,3-10,21-22H2,1-2H3. The molecule has 2 aliphatic rings. The SMILES string of the molecule is CCOC(=O)C1CCCC(=O)C(N)(C2(N)C(=O)CCCC(C(=O)OCC)C2=O)C1=O. The van der Waals surface area contributed by atoms with Gasteiger partial charge in [0.25, 0.3) is 0 Å². The number of carbonyl (C=O) groups excluding carboxylic acids is 6. The smallest absolute Gasteiger partial charge is 0.316 e. The minimum atomic E-state index is -2.77. The van der Waals surface area contributed by atoms with Gasteiger partial charge in [0.15, 0.2) is 34.2 Å². The van der Waals surface area contributed by atoms with Crippen LogP contribution in [0.2, 0.25) is 0 Å². The zero-order chi connectivity index (χ0) is 22.7. The van der Waals surface area contributed by atoms with E-state index < -0.39 is 58.0 Å². The van der Waals surface area contributed by atoms with Crippen molar-refractivity contribution in [3.05, 3.63) is 0 Å². The Balaban J connectivity index is 2.62. The summed E-state index contributed by atoms with van der Waals surface area (Å²) in [5.41, 5.74) is 6.93. The zero-order valence-electron chi connectivity index (χ0n) is 17.2. The minimum absolute atomic E-state index is 0.00923. The highest BCUT2D eigenvalue weighted by Gasteiger charge is 2.68. The molecule has 30 heavy (non-hydrogen) atoms. The maximum Gasteiger partial charge on any atom is 0.316 e. The number of hydrogen-bond acceptors (Lipinski definition) is 10. The molecule has 166 valence electrons. The van der Waals surface area contributed by atoms with Gasteiger partial charge in [-0.25, -0.2) is 0 Å². The van der Waals surface area contributed by atoms with Crippen molar-refractivity contribution >= 4 is 35.1 Å². The maximum absolute atomic E-state index is 13.4. The second-order valence-corrected chi connectivity index (χ2v) is 7.58. The van der Waals surface area contributed by atoms with Gasteiger partial charge in [0.05, 0.1) is 13.2 Å². The Morgan fingerprint density at radius 2 is 1.13 bits per heavy atom. The van der Waals surface area contributed by atoms with Crippen molar-refractivity contribution in [2.45, 2.75) is 63.5 Å². The highest BCUT2D eigenvalue weighted by molar-refractivity contribution is 6.31. The molecular formula is C20H28N2O8. The zero-order valence-corrected chi connectivity index (χ0v) is 17.2. The molecule has 2 fully saturated rings. The van der Waals surface area contributed by atoms with Gasteiger partial charge in [-0.3, -0.25) is 28.8 Å². The predicted molar refractivity (Wildman–Crippen MR) is 102 cm³/mol. The van der Waals surface area contributed by atoms with Gasteiger partial charge in [-0.05, 0) is 39.5 Å². The number of esters is 2. The van der Waals surface area contributed by atoms with Gasteiger partial charge in [0.1, 0.15) is 11.8 Å². The highest BCUT2D eigenvalue weighted by Crippen LogP contribution is 2.37. The van der Waals surface area contributed by atoms with E-state index in [4.69, 9.17) is 20.9 Å². The van der Waals surface area contributed by atoms with E-state index in [2.05, 4.69) is 0 Å². The molecule has 0 bridgehead atoms. The van der Waals surface area contributed by atoms with Crippen LogP contribution in [0.4, 0.5) is 0 Å². The predicted octanol–water partition coefficient (Wildman–Crippen LogP) is -0.616. The number of hydrogen-bond donors (Lipinski definition) is 2. The van der Waals surface area contributed by atoms with Crippen LogP contribution < -0.4 is 11.5 Å². The first-order chi connectivity index (χ1) is 14.1. The van der Waals surface area contributed by atoms with Crippen molar-refractivity contribution in [1.29, 1.82) is 0 Å². The fourth-order valence-electron chi connectivity index (χ4n) is 4.18. The fourth-order valence-corrected chi connectivity index (χ4v) is 4.18. The molecule has 10 nitrogen and oxygen atoms in total. The van der Waals surface area contributed by atoms with Crippen LogP contribution >= 0.6 is 0 Å². The number of carbonyl (C=O) groups is 6. The number of rotatable bonds is 5. The summed E-state index contributed by atoms with van der Waals surface area (Å²) in [6.45, 7) is 3.08. The van der Waals surface area contributed by atoms with E-state index >= 15 is 0 Å². The normalized spacial score (nSPS) is 32.9. The van der Waals surface area contributed by atoms with Crippen molar-refractivity contribution in [2.75, 3.05) is 13.2 Å². The quantitative estimate of drug-likeness (QED) is 0.329. The molecule has 0 spiro atoms. The first-order valence-corrected chi connectivity index (χ1v) is 10.1. The van der Waals surface area contributed by atoms with Crippen molar-refractivity contribution in [3.8, 4) is 0 Å². The van der Waals surface area contributed by atoms with Crippen LogP contribution in [-0.4, -0.2) is 59.4 Å². The Bertz CT molecular complexity index is 715. The van der Waals surface area contributed by atoms with Gasteiger partial charge in [0, 0.05) is 12.8 Å². The van der Waals surface area contributed by atoms with E-state index in [-0.39, 0.29) is 51.7 Å². The average Bonchev–Trinajstić information content (AvgIpc) is 2.89. The molecule has 4 atom stereocenters. The van der Waals surface area contributed by atoms with Crippen LogP contribution in [0.25, 0.3) is 0 Å². The van der Waals surface area contributed by atoms with Gasteiger partial charge in [-0.2, -0.15) is 0 Å². The molecule has 2 aliphatic carbocycles. The minimum Gasteiger partial charge on any atom is -0.465 e. The lowest BCUT2D eigenvalue weighted by Crippen LogP contribution is -2.81. The van der Waals surface area contributed by atoms with E-state index in [0.29, 0.717) is 0 Å². The van der Waals surface area contributed by atoms with E-state index in [9.17, 15) is 28.8 Å². The van der Waals surface area contributed by atoms with Crippen LogP contribution in [0, 0.1) is 11.8 Å². The summed E-state index contributed by atoms with van der Waals surface area (Å²) in [6, 6.07) is 0. The molecule has 10 heteroatoms. The molecular weight excluding hydrogens is 396 g/mol. The van der Waals surface area contributed by atoms with Crippen LogP contribution in [-0.2, 0) is 38.2 Å². The monoisotopic (exact) mass is 424 g/mol. The molecule has 4 unspecified atom stereocenters. The first-order valence-electron chi connectivity index (χ1n) is 10.1. The topological polar surface area (TPSA) is 173 Å². The van der Waals surface area contributed by atoms with Crippen LogP contribution in [0.1, 0.15) is 52.4 Å². The molecule has 0 heterocycles. The van der Waals surface area contributed by atoms with Crippen LogP contribution in [0.5, 0.6) is 0 Å². The van der Waals surface area contributed by atoms with Crippen molar-refractivity contribution in [1.82, 2.24) is 0 Å². The molecule has 2 rings (SSSR count). The Hall–Kier alpha value is -2.46. The molecule has 0 amide bonds. The third-order valence-corrected chi connectivity index (χ3v) is 5.85. The summed E-state index contributed by atoms with van der Waals surface area (Å²) in [5, 5.41) is 0. The van der Waals surface area contributed by atoms with Gasteiger partial charge in [0.2, 0.25) is 0 Å². The number of Topliss-reactive ketones (excluding diaryl/α,β-unsaturated/α-hetero) is 4. The second-order valence-electron chi connectivity index (χ2n) is 7.58. The van der Waals surface area contributed by atoms with Crippen molar-refractivity contribution in [3.63, 3.8) is 0 Å². The summed E-state index contributed by atoms with van der Waals surface area (Å²) in [4.78, 5) is 77.4. The largest absolute Gasteiger partial charge is 0.465 e. The number of ketones is 4. The number of ether oxygens (including phenoxy) is 2. The summed E-state index contributed by atoms with van der Waals surface area (Å²) in [6.07, 6.45) is -0.284. The van der Waals surface area contributed by atoms with E-state index in [1.165, 1.54) is 0 Å². The van der Waals surface area contributed by atoms with E-state index in [1.807, 2.05) is 0 Å². The lowest BCUT2D eigenvalue weighted by atomic mass is 9.63. The van der Waals surface area contributed by atoms with Crippen LogP contribution in [0.3, 0.4) is 0 Å². The lowest BCUT2D eigenvalue weighted by molar-refractivity contribution is -0.161. The lowest BCUT2D eigenvalue weighted by Gasteiger charge is -2.41. The molecule has 0 aliphatic heterocycles. The number of nitrogens with two attached hydrogens (primary N) is 2. The Kier molecular flexibility index (Phi) is 7.25. The fraction of sp³-hybridized carbons (Fsp3) is 0.700. The van der Waals surface area contributed by atoms with Gasteiger partial charge >= 0.3 is 11.9 Å². The molecule has 0 aromatic carbocycles. The Labute approximate surface area is 174 Å². The average molecular weight is 424 g/mol. The Morgan fingerprint density at radius 3 is 1.43 bits per heavy atom. The summed E-state index contributed by atoms with van der Waals surface area (Å²) in [7, 11) is 0. The van der Waals surface area contributed by atoms with E-state index in [0.717, 1.165) is 0 Å². The van der Waals surface area contributed by atoms with Crippen molar-refractivity contribution in [2.24, 2.45) is 23.3 Å². The highest BCUT2D eigenvalue weighted by atomic mass is 16.5. The first kappa shape index (κ1) is 23.8. The summed E-state index contributed by atoms with van der Waals surface area (Å²) in [5.74, 6) is -8.74. The summed E-state index contributed by atoms with van der Waals surface area (Å²) >= 11 is 0. The molecule has 0 saturated heterocycles. The molecule has 2 saturated carbocycles. The molecule has 4 N–H and O–H groups in total. The third-order valence-electron chi connectivity index (χ3n) is 5.85. The molecule has 0 radical (unpaired) electrons. The van der Waals surface area contributed by atoms with E-state index in [1.54, 1.807) is 13.8 Å². The Morgan fingerprint density at radius 1 is 0.800 bits per heavy atom. The molecule has 0 aromatic rings. The summed E-state index contributed by atoms with van der Waals surface area (Å²) < 4.78 is 9.83. The van der Waals surface area contributed by atoms with Gasteiger partial charge in [-0.15, -0.1) is 0 Å². The van der Waals surface area contributed by atoms with Crippen molar-refractivity contribution < 1.29 is 38.2 Å². The van der Waals surface area contributed by atoms with Crippen LogP contribution in [0.15, 0.2) is 0 Å². The van der Waals surface area contributed by atoms with Gasteiger partial charge in [-0.1, -0.05) is 0 Å².